The van der Waals surface area contributed by atoms with Crippen molar-refractivity contribution in [1.82, 2.24) is 14.7 Å². The van der Waals surface area contributed by atoms with Crippen LogP contribution in [0, 0.1) is 13.8 Å². The predicted octanol–water partition coefficient (Wildman–Crippen LogP) is 3.41. The van der Waals surface area contributed by atoms with Crippen LogP contribution in [0.2, 0.25) is 0 Å². The van der Waals surface area contributed by atoms with Gasteiger partial charge in [-0.15, -0.1) is 0 Å². The highest BCUT2D eigenvalue weighted by molar-refractivity contribution is 9.10. The number of carbonyl (C=O) groups is 1. The van der Waals surface area contributed by atoms with Gasteiger partial charge in [-0.05, 0) is 59.1 Å². The Morgan fingerprint density at radius 2 is 2.08 bits per heavy atom. The summed E-state index contributed by atoms with van der Waals surface area (Å²) in [4.78, 5) is 16.4. The van der Waals surface area contributed by atoms with Crippen LogP contribution < -0.4 is 10.1 Å². The van der Waals surface area contributed by atoms with E-state index in [1.165, 1.54) is 0 Å². The molecule has 2 aromatic heterocycles. The lowest BCUT2D eigenvalue weighted by Crippen LogP contribution is -2.28. The number of amides is 1. The summed E-state index contributed by atoms with van der Waals surface area (Å²) in [6.45, 7) is 4.36. The molecule has 124 valence electrons. The van der Waals surface area contributed by atoms with Gasteiger partial charge in [-0.3, -0.25) is 4.79 Å². The van der Waals surface area contributed by atoms with Crippen LogP contribution in [0.4, 0.5) is 0 Å². The number of imidazole rings is 1. The lowest BCUT2D eigenvalue weighted by atomic mass is 10.1. The Labute approximate surface area is 148 Å². The molecule has 0 aliphatic rings. The van der Waals surface area contributed by atoms with E-state index in [4.69, 9.17) is 4.74 Å². The summed E-state index contributed by atoms with van der Waals surface area (Å²) in [5.41, 5.74) is 3.84. The van der Waals surface area contributed by atoms with Crippen LogP contribution in [-0.4, -0.2) is 21.9 Å². The van der Waals surface area contributed by atoms with Gasteiger partial charge in [-0.25, -0.2) is 4.98 Å². The van der Waals surface area contributed by atoms with Crippen molar-refractivity contribution in [3.63, 3.8) is 0 Å². The van der Waals surface area contributed by atoms with Crippen LogP contribution in [0.15, 0.2) is 47.2 Å². The van der Waals surface area contributed by atoms with E-state index in [1.807, 2.05) is 61.0 Å². The average molecular weight is 388 g/mol. The molecule has 1 N–H and O–H groups in total. The van der Waals surface area contributed by atoms with Crippen LogP contribution in [-0.2, 0) is 11.3 Å². The largest absolute Gasteiger partial charge is 0.483 e. The topological polar surface area (TPSA) is 55.6 Å². The highest BCUT2D eigenvalue weighted by Crippen LogP contribution is 2.20. The Bertz CT molecular complexity index is 889. The fourth-order valence-corrected chi connectivity index (χ4v) is 2.72. The van der Waals surface area contributed by atoms with E-state index in [9.17, 15) is 4.79 Å². The predicted molar refractivity (Wildman–Crippen MR) is 96.1 cm³/mol. The summed E-state index contributed by atoms with van der Waals surface area (Å²) >= 11 is 3.42. The van der Waals surface area contributed by atoms with Crippen molar-refractivity contribution < 1.29 is 9.53 Å². The number of nitrogens with one attached hydrogen (secondary N) is 1. The molecule has 0 aliphatic heterocycles. The number of halogens is 1. The van der Waals surface area contributed by atoms with Gasteiger partial charge in [0.1, 0.15) is 11.4 Å². The Morgan fingerprint density at radius 1 is 1.25 bits per heavy atom. The molecule has 2 heterocycles. The number of hydrogen-bond donors (Lipinski definition) is 1. The third-order valence-corrected chi connectivity index (χ3v) is 4.31. The number of nitrogens with zero attached hydrogens (tertiary/aromatic N) is 2. The maximum atomic E-state index is 12.0. The van der Waals surface area contributed by atoms with Gasteiger partial charge in [0.2, 0.25) is 0 Å². The molecule has 0 fully saturated rings. The standard InChI is InChI=1S/C18H18BrN3O2/c1-12-4-3-5-16(13(12)2)24-11-18(23)20-8-15-10-22-9-14(19)6-7-17(22)21-15/h3-7,9-10H,8,11H2,1-2H3,(H,20,23). The molecular formula is C18H18BrN3O2. The molecule has 6 heteroatoms. The van der Waals surface area contributed by atoms with E-state index in [0.29, 0.717) is 6.54 Å². The molecule has 5 nitrogen and oxygen atoms in total. The number of ether oxygens (including phenoxy) is 1. The zero-order valence-electron chi connectivity index (χ0n) is 13.5. The Morgan fingerprint density at radius 3 is 2.92 bits per heavy atom. The molecule has 0 saturated carbocycles. The maximum absolute atomic E-state index is 12.0. The van der Waals surface area contributed by atoms with Crippen molar-refractivity contribution in [1.29, 1.82) is 0 Å². The molecule has 0 spiro atoms. The zero-order chi connectivity index (χ0) is 17.1. The van der Waals surface area contributed by atoms with Crippen LogP contribution in [0.5, 0.6) is 5.75 Å². The lowest BCUT2D eigenvalue weighted by Gasteiger charge is -2.10. The number of carbonyl (C=O) groups excluding carboxylic acids is 1. The molecule has 0 aliphatic carbocycles. The van der Waals surface area contributed by atoms with Gasteiger partial charge >= 0.3 is 0 Å². The monoisotopic (exact) mass is 387 g/mol. The van der Waals surface area contributed by atoms with E-state index < -0.39 is 0 Å². The number of pyridine rings is 1. The van der Waals surface area contributed by atoms with Crippen molar-refractivity contribution in [3.05, 3.63) is 64.0 Å². The minimum Gasteiger partial charge on any atom is -0.483 e. The summed E-state index contributed by atoms with van der Waals surface area (Å²) < 4.78 is 8.49. The molecular weight excluding hydrogens is 370 g/mol. The summed E-state index contributed by atoms with van der Waals surface area (Å²) in [5.74, 6) is 0.567. The second-order valence-corrected chi connectivity index (χ2v) is 6.52. The highest BCUT2D eigenvalue weighted by Gasteiger charge is 2.07. The molecule has 0 unspecified atom stereocenters. The van der Waals surface area contributed by atoms with E-state index in [0.717, 1.165) is 32.7 Å². The highest BCUT2D eigenvalue weighted by atomic mass is 79.9. The summed E-state index contributed by atoms with van der Waals surface area (Å²) in [6.07, 6.45) is 3.82. The fraction of sp³-hybridized carbons (Fsp3) is 0.222. The second-order valence-electron chi connectivity index (χ2n) is 5.61. The first-order valence-corrected chi connectivity index (χ1v) is 8.41. The molecule has 0 saturated heterocycles. The molecule has 0 atom stereocenters. The first kappa shape index (κ1) is 16.5. The number of fused-ring (bicyclic) bond motifs is 1. The van der Waals surface area contributed by atoms with Gasteiger partial charge < -0.3 is 14.5 Å². The molecule has 1 amide bonds. The third-order valence-electron chi connectivity index (χ3n) is 3.85. The van der Waals surface area contributed by atoms with Gasteiger partial charge in [0.25, 0.3) is 5.91 Å². The fourth-order valence-electron chi connectivity index (χ4n) is 2.37. The zero-order valence-corrected chi connectivity index (χ0v) is 15.1. The molecule has 1 aromatic carbocycles. The Hall–Kier alpha value is -2.34. The quantitative estimate of drug-likeness (QED) is 0.729. The van der Waals surface area contributed by atoms with Crippen LogP contribution in [0.1, 0.15) is 16.8 Å². The second kappa shape index (κ2) is 7.05. The van der Waals surface area contributed by atoms with Gasteiger partial charge in [0, 0.05) is 16.9 Å². The maximum Gasteiger partial charge on any atom is 0.258 e. The van der Waals surface area contributed by atoms with Crippen molar-refractivity contribution in [2.75, 3.05) is 6.61 Å². The Kier molecular flexibility index (Phi) is 4.85. The van der Waals surface area contributed by atoms with Gasteiger partial charge in [0.05, 0.1) is 12.2 Å². The van der Waals surface area contributed by atoms with E-state index in [2.05, 4.69) is 26.2 Å². The SMILES string of the molecule is Cc1cccc(OCC(=O)NCc2cn3cc(Br)ccc3n2)c1C. The van der Waals surface area contributed by atoms with Gasteiger partial charge in [0.15, 0.2) is 6.61 Å². The molecule has 3 rings (SSSR count). The first-order valence-electron chi connectivity index (χ1n) is 7.62. The Balaban J connectivity index is 1.55. The summed E-state index contributed by atoms with van der Waals surface area (Å²) in [7, 11) is 0. The van der Waals surface area contributed by atoms with Crippen molar-refractivity contribution in [2.24, 2.45) is 0 Å². The minimum absolute atomic E-state index is 0.0107. The number of rotatable bonds is 5. The van der Waals surface area contributed by atoms with Crippen LogP contribution in [0.3, 0.4) is 0 Å². The number of aromatic nitrogens is 2. The van der Waals surface area contributed by atoms with Crippen LogP contribution in [0.25, 0.3) is 5.65 Å². The first-order chi connectivity index (χ1) is 11.5. The normalized spacial score (nSPS) is 10.8. The van der Waals surface area contributed by atoms with Gasteiger partial charge in [-0.1, -0.05) is 12.1 Å². The molecule has 0 radical (unpaired) electrons. The van der Waals surface area contributed by atoms with E-state index >= 15 is 0 Å². The summed E-state index contributed by atoms with van der Waals surface area (Å²) in [6, 6.07) is 9.66. The number of benzene rings is 1. The molecule has 3 aromatic rings. The molecule has 24 heavy (non-hydrogen) atoms. The lowest BCUT2D eigenvalue weighted by molar-refractivity contribution is -0.123. The number of hydrogen-bond acceptors (Lipinski definition) is 3. The van der Waals surface area contributed by atoms with Crippen molar-refractivity contribution in [2.45, 2.75) is 20.4 Å². The third kappa shape index (κ3) is 3.76. The van der Waals surface area contributed by atoms with Crippen LogP contribution >= 0.6 is 15.9 Å². The van der Waals surface area contributed by atoms with Gasteiger partial charge in [-0.2, -0.15) is 0 Å². The summed E-state index contributed by atoms with van der Waals surface area (Å²) in [5, 5.41) is 2.83. The van der Waals surface area contributed by atoms with Crippen molar-refractivity contribution in [3.8, 4) is 5.75 Å². The average Bonchev–Trinajstić information content (AvgIpc) is 2.96. The minimum atomic E-state index is -0.172. The smallest absolute Gasteiger partial charge is 0.258 e. The number of aryl methyl sites for hydroxylation is 1. The molecule has 0 bridgehead atoms. The van der Waals surface area contributed by atoms with E-state index in [-0.39, 0.29) is 12.5 Å². The van der Waals surface area contributed by atoms with E-state index in [1.54, 1.807) is 0 Å². The van der Waals surface area contributed by atoms with Crippen molar-refractivity contribution >= 4 is 27.5 Å².